The fourth-order valence-electron chi connectivity index (χ4n) is 4.69. The van der Waals surface area contributed by atoms with Crippen LogP contribution in [0, 0.1) is 0 Å². The Morgan fingerprint density at radius 3 is 1.12 bits per heavy atom. The van der Waals surface area contributed by atoms with E-state index in [1.165, 1.54) is 0 Å². The minimum Gasteiger partial charge on any atom is -0.462 e. The molecule has 0 aliphatic rings. The molecule has 0 atom stereocenters. The third-order valence-corrected chi connectivity index (χ3v) is 6.29. The second kappa shape index (κ2) is 13.5. The summed E-state index contributed by atoms with van der Waals surface area (Å²) in [6.07, 6.45) is 0. The van der Waals surface area contributed by atoms with Crippen LogP contribution in [0.3, 0.4) is 0 Å². The standard InChI is InChI=1S/C32H32N2O8/c1-5-39-29(35)23-21(19-15-11-9-12-16-19)27(31(37)41-7-3)33-25(23)26-24(30(36)40-6-2)22(20-17-13-10-14-18-20)28(34-26)32(38)42-8-4/h9-18,33-34H,5-8H2,1-4H3. The van der Waals surface area contributed by atoms with E-state index in [4.69, 9.17) is 18.9 Å². The maximum atomic E-state index is 13.6. The van der Waals surface area contributed by atoms with Gasteiger partial charge in [-0.1, -0.05) is 60.7 Å². The van der Waals surface area contributed by atoms with E-state index in [0.29, 0.717) is 11.1 Å². The van der Waals surface area contributed by atoms with Gasteiger partial charge in [0.05, 0.1) is 48.9 Å². The lowest BCUT2D eigenvalue weighted by Gasteiger charge is -2.10. The summed E-state index contributed by atoms with van der Waals surface area (Å²) < 4.78 is 21.5. The summed E-state index contributed by atoms with van der Waals surface area (Å²) in [4.78, 5) is 59.8. The first-order valence-corrected chi connectivity index (χ1v) is 13.7. The Hall–Kier alpha value is -5.12. The van der Waals surface area contributed by atoms with Gasteiger partial charge in [0.2, 0.25) is 0 Å². The van der Waals surface area contributed by atoms with Gasteiger partial charge in [-0.2, -0.15) is 0 Å². The molecule has 2 aromatic heterocycles. The van der Waals surface area contributed by atoms with Crippen LogP contribution in [-0.2, 0) is 18.9 Å². The topological polar surface area (TPSA) is 137 Å². The van der Waals surface area contributed by atoms with Crippen LogP contribution in [0.4, 0.5) is 0 Å². The molecule has 4 aromatic rings. The fourth-order valence-corrected chi connectivity index (χ4v) is 4.69. The quantitative estimate of drug-likeness (QED) is 0.164. The molecule has 4 rings (SSSR count). The maximum Gasteiger partial charge on any atom is 0.355 e. The average Bonchev–Trinajstić information content (AvgIpc) is 3.59. The molecule has 0 bridgehead atoms. The van der Waals surface area contributed by atoms with Crippen LogP contribution in [0.5, 0.6) is 0 Å². The van der Waals surface area contributed by atoms with Gasteiger partial charge in [0, 0.05) is 11.1 Å². The molecule has 10 nitrogen and oxygen atoms in total. The van der Waals surface area contributed by atoms with Crippen LogP contribution in [0.1, 0.15) is 69.4 Å². The number of hydrogen-bond acceptors (Lipinski definition) is 8. The molecule has 0 saturated carbocycles. The highest BCUT2D eigenvalue weighted by Crippen LogP contribution is 2.42. The van der Waals surface area contributed by atoms with Crippen LogP contribution < -0.4 is 0 Å². The van der Waals surface area contributed by atoms with Gasteiger partial charge in [-0.05, 0) is 38.8 Å². The second-order valence-corrected chi connectivity index (χ2v) is 8.86. The summed E-state index contributed by atoms with van der Waals surface area (Å²) >= 11 is 0. The number of carbonyl (C=O) groups is 4. The Morgan fingerprint density at radius 1 is 0.500 bits per heavy atom. The van der Waals surface area contributed by atoms with Crippen molar-refractivity contribution in [2.45, 2.75) is 27.7 Å². The Kier molecular flexibility index (Phi) is 9.59. The number of ether oxygens (including phenoxy) is 4. The van der Waals surface area contributed by atoms with Crippen molar-refractivity contribution in [2.24, 2.45) is 0 Å². The number of rotatable bonds is 11. The van der Waals surface area contributed by atoms with E-state index in [1.54, 1.807) is 88.4 Å². The van der Waals surface area contributed by atoms with Crippen molar-refractivity contribution in [1.29, 1.82) is 0 Å². The van der Waals surface area contributed by atoms with E-state index in [9.17, 15) is 19.2 Å². The van der Waals surface area contributed by atoms with Crippen LogP contribution in [0.25, 0.3) is 33.6 Å². The van der Waals surface area contributed by atoms with Crippen molar-refractivity contribution in [3.05, 3.63) is 83.2 Å². The van der Waals surface area contributed by atoms with E-state index in [0.717, 1.165) is 0 Å². The lowest BCUT2D eigenvalue weighted by atomic mass is 9.96. The molecule has 0 spiro atoms. The number of nitrogens with one attached hydrogen (secondary N) is 2. The van der Waals surface area contributed by atoms with Crippen LogP contribution >= 0.6 is 0 Å². The summed E-state index contributed by atoms with van der Waals surface area (Å²) in [5, 5.41) is 0. The number of carbonyl (C=O) groups excluding carboxylic acids is 4. The number of hydrogen-bond donors (Lipinski definition) is 2. The molecule has 0 aliphatic carbocycles. The molecular formula is C32H32N2O8. The molecular weight excluding hydrogens is 540 g/mol. The van der Waals surface area contributed by atoms with Crippen LogP contribution in [0.2, 0.25) is 0 Å². The molecule has 2 aromatic carbocycles. The lowest BCUT2D eigenvalue weighted by molar-refractivity contribution is 0.0508. The summed E-state index contributed by atoms with van der Waals surface area (Å²) in [6.45, 7) is 6.90. The summed E-state index contributed by atoms with van der Waals surface area (Å²) in [6, 6.07) is 17.6. The summed E-state index contributed by atoms with van der Waals surface area (Å²) in [7, 11) is 0. The Bertz CT molecular complexity index is 1470. The van der Waals surface area contributed by atoms with Gasteiger partial charge in [-0.15, -0.1) is 0 Å². The Morgan fingerprint density at radius 2 is 0.810 bits per heavy atom. The number of aromatic nitrogens is 2. The molecule has 2 N–H and O–H groups in total. The normalized spacial score (nSPS) is 10.7. The van der Waals surface area contributed by atoms with E-state index in [1.807, 2.05) is 0 Å². The maximum absolute atomic E-state index is 13.6. The molecule has 0 amide bonds. The van der Waals surface area contributed by atoms with Gasteiger partial charge in [-0.25, -0.2) is 19.2 Å². The Balaban J connectivity index is 2.17. The van der Waals surface area contributed by atoms with Crippen molar-refractivity contribution in [1.82, 2.24) is 9.97 Å². The molecule has 0 unspecified atom stereocenters. The fraction of sp³-hybridized carbons (Fsp3) is 0.250. The van der Waals surface area contributed by atoms with Gasteiger partial charge < -0.3 is 28.9 Å². The predicted octanol–water partition coefficient (Wildman–Crippen LogP) is 6.05. The van der Waals surface area contributed by atoms with Gasteiger partial charge in [0.15, 0.2) is 0 Å². The van der Waals surface area contributed by atoms with Crippen molar-refractivity contribution in [3.8, 4) is 33.6 Å². The molecule has 0 fully saturated rings. The number of H-pyrrole nitrogens is 2. The highest BCUT2D eigenvalue weighted by molar-refractivity contribution is 6.15. The lowest BCUT2D eigenvalue weighted by Crippen LogP contribution is -2.10. The largest absolute Gasteiger partial charge is 0.462 e. The highest BCUT2D eigenvalue weighted by atomic mass is 16.5. The summed E-state index contributed by atoms with van der Waals surface area (Å²) in [5.41, 5.74) is 1.53. The molecule has 2 heterocycles. The molecule has 0 radical (unpaired) electrons. The summed E-state index contributed by atoms with van der Waals surface area (Å²) in [5.74, 6) is -2.93. The van der Waals surface area contributed by atoms with Crippen molar-refractivity contribution >= 4 is 23.9 Å². The van der Waals surface area contributed by atoms with Gasteiger partial charge in [-0.3, -0.25) is 0 Å². The number of benzene rings is 2. The highest BCUT2D eigenvalue weighted by Gasteiger charge is 2.36. The molecule has 0 aliphatic heterocycles. The third kappa shape index (κ3) is 5.83. The molecule has 42 heavy (non-hydrogen) atoms. The minimum atomic E-state index is -0.749. The first-order valence-electron chi connectivity index (χ1n) is 13.7. The van der Waals surface area contributed by atoms with Crippen LogP contribution in [-0.4, -0.2) is 60.3 Å². The first kappa shape index (κ1) is 29.9. The van der Waals surface area contributed by atoms with Crippen molar-refractivity contribution in [2.75, 3.05) is 26.4 Å². The second-order valence-electron chi connectivity index (χ2n) is 8.86. The van der Waals surface area contributed by atoms with E-state index >= 15 is 0 Å². The smallest absolute Gasteiger partial charge is 0.355 e. The first-order chi connectivity index (χ1) is 20.4. The van der Waals surface area contributed by atoms with Crippen LogP contribution in [0.15, 0.2) is 60.7 Å². The molecule has 0 saturated heterocycles. The number of esters is 4. The molecule has 10 heteroatoms. The minimum absolute atomic E-state index is 0.0204. The van der Waals surface area contributed by atoms with E-state index in [-0.39, 0.29) is 71.5 Å². The molecule has 218 valence electrons. The Labute approximate surface area is 243 Å². The monoisotopic (exact) mass is 572 g/mol. The van der Waals surface area contributed by atoms with Crippen molar-refractivity contribution in [3.63, 3.8) is 0 Å². The zero-order chi connectivity index (χ0) is 30.2. The van der Waals surface area contributed by atoms with Gasteiger partial charge in [0.1, 0.15) is 11.4 Å². The van der Waals surface area contributed by atoms with Crippen molar-refractivity contribution < 1.29 is 38.1 Å². The third-order valence-electron chi connectivity index (χ3n) is 6.29. The predicted molar refractivity (Wildman–Crippen MR) is 155 cm³/mol. The SMILES string of the molecule is CCOC(=O)c1[nH]c(-c2[nH]c(C(=O)OCC)c(-c3ccccc3)c2C(=O)OCC)c(C(=O)OCC)c1-c1ccccc1. The van der Waals surface area contributed by atoms with Gasteiger partial charge >= 0.3 is 23.9 Å². The van der Waals surface area contributed by atoms with E-state index in [2.05, 4.69) is 9.97 Å². The zero-order valence-corrected chi connectivity index (χ0v) is 23.9. The number of aromatic amines is 2. The average molecular weight is 573 g/mol. The van der Waals surface area contributed by atoms with Gasteiger partial charge in [0.25, 0.3) is 0 Å². The van der Waals surface area contributed by atoms with E-state index < -0.39 is 23.9 Å². The zero-order valence-electron chi connectivity index (χ0n) is 23.9.